The molecule has 0 spiro atoms. The van der Waals surface area contributed by atoms with Gasteiger partial charge in [-0.1, -0.05) is 6.42 Å². The second kappa shape index (κ2) is 3.09. The van der Waals surface area contributed by atoms with E-state index in [1.807, 2.05) is 0 Å². The molecule has 0 atom stereocenters. The molecule has 14 heavy (non-hydrogen) atoms. The molecule has 1 N–H and O–H groups in total. The fraction of sp³-hybridized carbons (Fsp3) is 0.727. The molecule has 1 saturated heterocycles. The van der Waals surface area contributed by atoms with Gasteiger partial charge in [0.25, 0.3) is 0 Å². The lowest BCUT2D eigenvalue weighted by Crippen LogP contribution is -2.40. The van der Waals surface area contributed by atoms with Crippen molar-refractivity contribution >= 4 is 0 Å². The van der Waals surface area contributed by atoms with Crippen molar-refractivity contribution < 1.29 is 4.42 Å². The van der Waals surface area contributed by atoms with Crippen molar-refractivity contribution in [2.24, 2.45) is 0 Å². The maximum atomic E-state index is 5.72. The SMILES string of the molecule is Cc1oc(C2CNC2)nc1C1CCC1. The zero-order valence-corrected chi connectivity index (χ0v) is 8.55. The third-order valence-electron chi connectivity index (χ3n) is 3.47. The molecule has 1 aliphatic heterocycles. The van der Waals surface area contributed by atoms with Crippen LogP contribution in [0.1, 0.15) is 48.4 Å². The number of nitrogens with one attached hydrogen (secondary N) is 1. The van der Waals surface area contributed by atoms with Crippen LogP contribution >= 0.6 is 0 Å². The normalized spacial score (nSPS) is 23.2. The largest absolute Gasteiger partial charge is 0.445 e. The van der Waals surface area contributed by atoms with Crippen LogP contribution in [0.4, 0.5) is 0 Å². The predicted octanol–water partition coefficient (Wildman–Crippen LogP) is 1.94. The number of hydrogen-bond acceptors (Lipinski definition) is 3. The Labute approximate surface area is 83.9 Å². The smallest absolute Gasteiger partial charge is 0.200 e. The summed E-state index contributed by atoms with van der Waals surface area (Å²) in [6.07, 6.45) is 3.96. The van der Waals surface area contributed by atoms with Crippen LogP contribution in [-0.4, -0.2) is 18.1 Å². The van der Waals surface area contributed by atoms with E-state index in [1.54, 1.807) is 0 Å². The molecule has 3 nitrogen and oxygen atoms in total. The summed E-state index contributed by atoms with van der Waals surface area (Å²) in [5.41, 5.74) is 1.23. The van der Waals surface area contributed by atoms with Gasteiger partial charge in [-0.3, -0.25) is 0 Å². The van der Waals surface area contributed by atoms with Gasteiger partial charge in [0, 0.05) is 19.0 Å². The van der Waals surface area contributed by atoms with Gasteiger partial charge in [-0.05, 0) is 19.8 Å². The van der Waals surface area contributed by atoms with E-state index < -0.39 is 0 Å². The van der Waals surface area contributed by atoms with E-state index in [2.05, 4.69) is 17.2 Å². The predicted molar refractivity (Wildman–Crippen MR) is 53.4 cm³/mol. The molecular formula is C11H16N2O. The minimum Gasteiger partial charge on any atom is -0.445 e. The Morgan fingerprint density at radius 2 is 2.07 bits per heavy atom. The lowest BCUT2D eigenvalue weighted by atomic mass is 9.82. The maximum Gasteiger partial charge on any atom is 0.200 e. The highest BCUT2D eigenvalue weighted by atomic mass is 16.4. The molecule has 3 heteroatoms. The average Bonchev–Trinajstić information content (AvgIpc) is 2.25. The summed E-state index contributed by atoms with van der Waals surface area (Å²) < 4.78 is 5.72. The third-order valence-corrected chi connectivity index (χ3v) is 3.47. The molecule has 1 aromatic heterocycles. The van der Waals surface area contributed by atoms with Gasteiger partial charge in [-0.15, -0.1) is 0 Å². The first-order valence-corrected chi connectivity index (χ1v) is 5.52. The molecule has 3 rings (SSSR count). The molecule has 1 saturated carbocycles. The lowest BCUT2D eigenvalue weighted by molar-refractivity contribution is 0.350. The van der Waals surface area contributed by atoms with Gasteiger partial charge in [0.15, 0.2) is 5.89 Å². The number of hydrogen-bond donors (Lipinski definition) is 1. The van der Waals surface area contributed by atoms with E-state index >= 15 is 0 Å². The fourth-order valence-corrected chi connectivity index (χ4v) is 2.13. The average molecular weight is 192 g/mol. The van der Waals surface area contributed by atoms with E-state index in [0.29, 0.717) is 11.8 Å². The molecule has 0 aromatic carbocycles. The molecule has 0 amide bonds. The van der Waals surface area contributed by atoms with Gasteiger partial charge in [0.05, 0.1) is 11.6 Å². The third kappa shape index (κ3) is 1.19. The van der Waals surface area contributed by atoms with Crippen LogP contribution in [0.25, 0.3) is 0 Å². The van der Waals surface area contributed by atoms with Crippen molar-refractivity contribution in [2.75, 3.05) is 13.1 Å². The molecule has 2 heterocycles. The van der Waals surface area contributed by atoms with Crippen molar-refractivity contribution in [2.45, 2.75) is 38.0 Å². The van der Waals surface area contributed by atoms with Gasteiger partial charge in [0.2, 0.25) is 0 Å². The number of oxazole rings is 1. The van der Waals surface area contributed by atoms with Crippen molar-refractivity contribution in [3.63, 3.8) is 0 Å². The molecule has 1 aromatic rings. The molecule has 76 valence electrons. The van der Waals surface area contributed by atoms with Gasteiger partial charge >= 0.3 is 0 Å². The molecular weight excluding hydrogens is 176 g/mol. The van der Waals surface area contributed by atoms with Crippen molar-refractivity contribution in [1.29, 1.82) is 0 Å². The highest BCUT2D eigenvalue weighted by Crippen LogP contribution is 2.38. The summed E-state index contributed by atoms with van der Waals surface area (Å²) in [4.78, 5) is 4.65. The van der Waals surface area contributed by atoms with Crippen molar-refractivity contribution in [3.8, 4) is 0 Å². The topological polar surface area (TPSA) is 38.1 Å². The number of aromatic nitrogens is 1. The summed E-state index contributed by atoms with van der Waals surface area (Å²) in [6, 6.07) is 0. The van der Waals surface area contributed by atoms with Gasteiger partial charge in [-0.25, -0.2) is 4.98 Å². The van der Waals surface area contributed by atoms with Gasteiger partial charge in [-0.2, -0.15) is 0 Å². The van der Waals surface area contributed by atoms with E-state index in [-0.39, 0.29) is 0 Å². The number of rotatable bonds is 2. The Bertz CT molecular complexity index is 337. The number of aryl methyl sites for hydroxylation is 1. The zero-order chi connectivity index (χ0) is 9.54. The Morgan fingerprint density at radius 1 is 1.29 bits per heavy atom. The maximum absolute atomic E-state index is 5.72. The second-order valence-corrected chi connectivity index (χ2v) is 4.48. The van der Waals surface area contributed by atoms with Crippen LogP contribution in [0.3, 0.4) is 0 Å². The zero-order valence-electron chi connectivity index (χ0n) is 8.55. The van der Waals surface area contributed by atoms with E-state index in [9.17, 15) is 0 Å². The first-order valence-electron chi connectivity index (χ1n) is 5.52. The highest BCUT2D eigenvalue weighted by molar-refractivity contribution is 5.18. The highest BCUT2D eigenvalue weighted by Gasteiger charge is 2.29. The summed E-state index contributed by atoms with van der Waals surface area (Å²) in [5.74, 6) is 3.24. The summed E-state index contributed by atoms with van der Waals surface area (Å²) in [6.45, 7) is 4.12. The Balaban J connectivity index is 1.84. The van der Waals surface area contributed by atoms with Crippen LogP contribution in [0.2, 0.25) is 0 Å². The van der Waals surface area contributed by atoms with Crippen LogP contribution in [0.5, 0.6) is 0 Å². The van der Waals surface area contributed by atoms with E-state index in [1.165, 1.54) is 25.0 Å². The van der Waals surface area contributed by atoms with E-state index in [0.717, 1.165) is 24.7 Å². The quantitative estimate of drug-likeness (QED) is 0.778. The lowest BCUT2D eigenvalue weighted by Gasteiger charge is -2.24. The first kappa shape index (κ1) is 8.48. The molecule has 2 fully saturated rings. The Morgan fingerprint density at radius 3 is 2.57 bits per heavy atom. The Hall–Kier alpha value is -0.830. The van der Waals surface area contributed by atoms with E-state index in [4.69, 9.17) is 4.42 Å². The molecule has 2 aliphatic rings. The molecule has 1 aliphatic carbocycles. The second-order valence-electron chi connectivity index (χ2n) is 4.48. The molecule has 0 bridgehead atoms. The first-order chi connectivity index (χ1) is 6.84. The summed E-state index contributed by atoms with van der Waals surface area (Å²) in [7, 11) is 0. The van der Waals surface area contributed by atoms with Crippen LogP contribution in [0.15, 0.2) is 4.42 Å². The van der Waals surface area contributed by atoms with Crippen molar-refractivity contribution in [3.05, 3.63) is 17.3 Å². The molecule has 0 radical (unpaired) electrons. The number of nitrogens with zero attached hydrogens (tertiary/aromatic N) is 1. The van der Waals surface area contributed by atoms with Gasteiger partial charge in [0.1, 0.15) is 5.76 Å². The Kier molecular flexibility index (Phi) is 1.87. The van der Waals surface area contributed by atoms with Gasteiger partial charge < -0.3 is 9.73 Å². The van der Waals surface area contributed by atoms with Crippen LogP contribution < -0.4 is 5.32 Å². The molecule has 0 unspecified atom stereocenters. The summed E-state index contributed by atoms with van der Waals surface area (Å²) >= 11 is 0. The minimum absolute atomic E-state index is 0.530. The summed E-state index contributed by atoms with van der Waals surface area (Å²) in [5, 5.41) is 3.25. The van der Waals surface area contributed by atoms with Crippen LogP contribution in [0, 0.1) is 6.92 Å². The fourth-order valence-electron chi connectivity index (χ4n) is 2.13. The monoisotopic (exact) mass is 192 g/mol. The minimum atomic E-state index is 0.530. The van der Waals surface area contributed by atoms with Crippen LogP contribution in [-0.2, 0) is 0 Å². The van der Waals surface area contributed by atoms with Crippen molar-refractivity contribution in [1.82, 2.24) is 10.3 Å². The standard InChI is InChI=1S/C11H16N2O/c1-7-10(8-3-2-4-8)13-11(14-7)9-5-12-6-9/h8-9,12H,2-6H2,1H3.